The van der Waals surface area contributed by atoms with E-state index in [1.165, 1.54) is 18.3 Å². The molecule has 9 heteroatoms. The van der Waals surface area contributed by atoms with Crippen molar-refractivity contribution in [1.82, 2.24) is 4.57 Å². The van der Waals surface area contributed by atoms with E-state index in [2.05, 4.69) is 11.9 Å². The summed E-state index contributed by atoms with van der Waals surface area (Å²) in [6, 6.07) is 9.68. The first-order valence-corrected chi connectivity index (χ1v) is 10.8. The molecule has 1 amide bonds. The van der Waals surface area contributed by atoms with Crippen LogP contribution in [0, 0.1) is 23.4 Å². The lowest BCUT2D eigenvalue weighted by Gasteiger charge is -2.14. The molecule has 35 heavy (non-hydrogen) atoms. The fourth-order valence-electron chi connectivity index (χ4n) is 3.81. The van der Waals surface area contributed by atoms with Crippen molar-refractivity contribution in [1.29, 1.82) is 0 Å². The zero-order chi connectivity index (χ0) is 25.1. The smallest absolute Gasteiger partial charge is 0.261 e. The van der Waals surface area contributed by atoms with Gasteiger partial charge in [0.25, 0.3) is 5.56 Å². The second-order valence-corrected chi connectivity index (χ2v) is 8.21. The summed E-state index contributed by atoms with van der Waals surface area (Å²) in [4.78, 5) is 37.2. The summed E-state index contributed by atoms with van der Waals surface area (Å²) in [5.74, 6) is -4.73. The van der Waals surface area contributed by atoms with Crippen LogP contribution in [0.25, 0.3) is 0 Å². The number of anilines is 1. The Balaban J connectivity index is 1.43. The van der Waals surface area contributed by atoms with E-state index in [0.29, 0.717) is 17.9 Å². The number of nitrogens with one attached hydrogen (secondary N) is 1. The molecule has 0 spiro atoms. The van der Waals surface area contributed by atoms with Crippen LogP contribution in [0.5, 0.6) is 5.75 Å². The number of carbonyl (C=O) groups is 2. The summed E-state index contributed by atoms with van der Waals surface area (Å²) in [5, 5.41) is 2.74. The summed E-state index contributed by atoms with van der Waals surface area (Å²) < 4.78 is 47.1. The minimum absolute atomic E-state index is 0.0380. The Labute approximate surface area is 198 Å². The van der Waals surface area contributed by atoms with Crippen LogP contribution < -0.4 is 15.6 Å². The third kappa shape index (κ3) is 5.34. The second-order valence-electron chi connectivity index (χ2n) is 8.21. The Hall–Kier alpha value is -4.14. The molecule has 2 aromatic carbocycles. The normalized spacial score (nSPS) is 13.2. The van der Waals surface area contributed by atoms with Gasteiger partial charge in [0.05, 0.1) is 25.1 Å². The van der Waals surface area contributed by atoms with Gasteiger partial charge in [0, 0.05) is 30.3 Å². The molecule has 0 radical (unpaired) electrons. The van der Waals surface area contributed by atoms with Gasteiger partial charge in [0.2, 0.25) is 5.91 Å². The summed E-state index contributed by atoms with van der Waals surface area (Å²) >= 11 is 0. The van der Waals surface area contributed by atoms with Gasteiger partial charge in [-0.1, -0.05) is 12.1 Å². The van der Waals surface area contributed by atoms with E-state index in [-0.39, 0.29) is 36.6 Å². The molecule has 1 aliphatic heterocycles. The molecule has 1 N–H and O–H groups in total. The predicted molar refractivity (Wildman–Crippen MR) is 123 cm³/mol. The van der Waals surface area contributed by atoms with Crippen LogP contribution in [0.4, 0.5) is 18.9 Å². The van der Waals surface area contributed by atoms with E-state index < -0.39 is 34.7 Å². The van der Waals surface area contributed by atoms with E-state index in [9.17, 15) is 27.6 Å². The van der Waals surface area contributed by atoms with Gasteiger partial charge in [0.15, 0.2) is 23.2 Å². The molecule has 3 aromatic rings. The lowest BCUT2D eigenvalue weighted by molar-refractivity contribution is -0.115. The molecule has 0 saturated heterocycles. The molecule has 6 nitrogen and oxygen atoms in total. The zero-order valence-corrected chi connectivity index (χ0v) is 18.5. The van der Waals surface area contributed by atoms with Gasteiger partial charge in [-0.05, 0) is 41.5 Å². The molecule has 0 fully saturated rings. The minimum atomic E-state index is -1.59. The molecule has 4 rings (SSSR count). The van der Waals surface area contributed by atoms with Crippen molar-refractivity contribution in [2.45, 2.75) is 19.4 Å². The van der Waals surface area contributed by atoms with Crippen LogP contribution in [0.2, 0.25) is 0 Å². The highest BCUT2D eigenvalue weighted by Gasteiger charge is 2.20. The van der Waals surface area contributed by atoms with E-state index in [4.69, 9.17) is 4.74 Å². The monoisotopic (exact) mass is 482 g/mol. The maximum atomic E-state index is 13.5. The summed E-state index contributed by atoms with van der Waals surface area (Å²) in [6.07, 6.45) is 3.20. The van der Waals surface area contributed by atoms with E-state index in [0.717, 1.165) is 22.3 Å². The van der Waals surface area contributed by atoms with Crippen molar-refractivity contribution >= 4 is 17.4 Å². The van der Waals surface area contributed by atoms with Crippen molar-refractivity contribution in [3.63, 3.8) is 0 Å². The molecule has 1 aromatic heterocycles. The van der Waals surface area contributed by atoms with Crippen LogP contribution >= 0.6 is 0 Å². The average molecular weight is 482 g/mol. The average Bonchev–Trinajstić information content (AvgIpc) is 3.20. The maximum Gasteiger partial charge on any atom is 0.261 e. The fraction of sp³-hybridized carbons (Fsp3) is 0.192. The standard InChI is InChI=1S/C26H21F3N2O4/c1-2-15(14-35-18-6-5-17-11-24(33)30-22(17)12-18)10-23(32)19-4-3-7-31(26(19)34)13-16-8-20(27)25(29)21(28)9-16/h2-9,12,15H,1,10-11,13-14H2,(H,30,33)/t15-/m0/s1. The minimum Gasteiger partial charge on any atom is -0.493 e. The van der Waals surface area contributed by atoms with E-state index in [1.807, 2.05) is 0 Å². The Morgan fingerprint density at radius 3 is 2.60 bits per heavy atom. The van der Waals surface area contributed by atoms with Gasteiger partial charge in [-0.15, -0.1) is 6.58 Å². The third-order valence-electron chi connectivity index (χ3n) is 5.67. The van der Waals surface area contributed by atoms with Crippen LogP contribution in [-0.2, 0) is 17.8 Å². The van der Waals surface area contributed by atoms with Gasteiger partial charge in [0.1, 0.15) is 5.75 Å². The third-order valence-corrected chi connectivity index (χ3v) is 5.67. The van der Waals surface area contributed by atoms with Crippen molar-refractivity contribution < 1.29 is 27.5 Å². The van der Waals surface area contributed by atoms with Crippen molar-refractivity contribution in [2.24, 2.45) is 5.92 Å². The fourth-order valence-corrected chi connectivity index (χ4v) is 3.81. The molecular weight excluding hydrogens is 461 g/mol. The van der Waals surface area contributed by atoms with Gasteiger partial charge in [-0.25, -0.2) is 13.2 Å². The number of hydrogen-bond acceptors (Lipinski definition) is 4. The molecule has 2 heterocycles. The van der Waals surface area contributed by atoms with Gasteiger partial charge >= 0.3 is 0 Å². The van der Waals surface area contributed by atoms with Crippen molar-refractivity contribution in [2.75, 3.05) is 11.9 Å². The lowest BCUT2D eigenvalue weighted by Crippen LogP contribution is -2.27. The Kier molecular flexibility index (Phi) is 6.86. The predicted octanol–water partition coefficient (Wildman–Crippen LogP) is 4.26. The number of halogens is 3. The highest BCUT2D eigenvalue weighted by atomic mass is 19.2. The first kappa shape index (κ1) is 24.0. The topological polar surface area (TPSA) is 77.4 Å². The van der Waals surface area contributed by atoms with Gasteiger partial charge in [-0.3, -0.25) is 14.4 Å². The molecule has 0 bridgehead atoms. The first-order chi connectivity index (χ1) is 16.7. The number of ketones is 1. The van der Waals surface area contributed by atoms with Crippen molar-refractivity contribution in [3.8, 4) is 5.75 Å². The van der Waals surface area contributed by atoms with Crippen molar-refractivity contribution in [3.05, 3.63) is 106 Å². The number of amides is 1. The zero-order valence-electron chi connectivity index (χ0n) is 18.5. The Morgan fingerprint density at radius 2 is 1.89 bits per heavy atom. The molecule has 0 aliphatic carbocycles. The van der Waals surface area contributed by atoms with E-state index >= 15 is 0 Å². The van der Waals surface area contributed by atoms with Crippen LogP contribution in [0.15, 0.2) is 66.1 Å². The molecule has 0 saturated carbocycles. The van der Waals surface area contributed by atoms with Gasteiger partial charge in [-0.2, -0.15) is 0 Å². The molecule has 180 valence electrons. The molecule has 0 unspecified atom stereocenters. The number of carbonyl (C=O) groups excluding carboxylic acids is 2. The number of rotatable bonds is 9. The molecular formula is C26H21F3N2O4. The first-order valence-electron chi connectivity index (χ1n) is 10.8. The Bertz CT molecular complexity index is 1360. The number of hydrogen-bond donors (Lipinski definition) is 1. The number of ether oxygens (including phenoxy) is 1. The molecule has 1 aliphatic rings. The number of benzene rings is 2. The largest absolute Gasteiger partial charge is 0.493 e. The number of aromatic nitrogens is 1. The summed E-state index contributed by atoms with van der Waals surface area (Å²) in [7, 11) is 0. The number of fused-ring (bicyclic) bond motifs is 1. The Morgan fingerprint density at radius 1 is 1.14 bits per heavy atom. The quantitative estimate of drug-likeness (QED) is 0.281. The van der Waals surface area contributed by atoms with Gasteiger partial charge < -0.3 is 14.6 Å². The van der Waals surface area contributed by atoms with Crippen LogP contribution in [0.1, 0.15) is 27.9 Å². The highest BCUT2D eigenvalue weighted by molar-refractivity contribution is 5.99. The number of Topliss-reactive ketones (excluding diaryl/α,β-unsaturated/α-hetero) is 1. The summed E-state index contributed by atoms with van der Waals surface area (Å²) in [5.41, 5.74) is 0.869. The maximum absolute atomic E-state index is 13.5. The lowest BCUT2D eigenvalue weighted by atomic mass is 9.99. The number of pyridine rings is 1. The summed E-state index contributed by atoms with van der Waals surface area (Å²) in [6.45, 7) is 3.62. The molecule has 1 atom stereocenters. The highest BCUT2D eigenvalue weighted by Crippen LogP contribution is 2.28. The van der Waals surface area contributed by atoms with Crippen LogP contribution in [-0.4, -0.2) is 22.9 Å². The number of nitrogens with zero attached hydrogens (tertiary/aromatic N) is 1. The second kappa shape index (κ2) is 10.0. The SMILES string of the molecule is C=C[C@H](COc1ccc2c(c1)NC(=O)C2)CC(=O)c1cccn(Cc2cc(F)c(F)c(F)c2)c1=O. The van der Waals surface area contributed by atoms with Crippen LogP contribution in [0.3, 0.4) is 0 Å². The van der Waals surface area contributed by atoms with E-state index in [1.54, 1.807) is 24.3 Å².